The maximum atomic E-state index is 14.9. The van der Waals surface area contributed by atoms with E-state index >= 15 is 0 Å². The highest BCUT2D eigenvalue weighted by atomic mass is 19.1. The summed E-state index contributed by atoms with van der Waals surface area (Å²) in [4.78, 5) is 19.3. The molecule has 0 amide bonds. The van der Waals surface area contributed by atoms with E-state index in [4.69, 9.17) is 0 Å². The molecular weight excluding hydrogens is 488 g/mol. The van der Waals surface area contributed by atoms with Crippen LogP contribution in [0.1, 0.15) is 50.7 Å². The lowest BCUT2D eigenvalue weighted by molar-refractivity contribution is 0.115. The van der Waals surface area contributed by atoms with Crippen LogP contribution in [0.5, 0.6) is 0 Å². The Balaban J connectivity index is 1.38. The van der Waals surface area contributed by atoms with Gasteiger partial charge in [0, 0.05) is 36.8 Å². The smallest absolute Gasteiger partial charge is 0.229 e. The van der Waals surface area contributed by atoms with Crippen molar-refractivity contribution in [3.63, 3.8) is 0 Å². The van der Waals surface area contributed by atoms with Gasteiger partial charge in [-0.1, -0.05) is 12.1 Å². The van der Waals surface area contributed by atoms with Crippen molar-refractivity contribution in [3.05, 3.63) is 72.0 Å². The number of rotatable bonds is 7. The molecule has 2 N–H and O–H groups in total. The third-order valence-electron chi connectivity index (χ3n) is 6.93. The molecule has 5 rings (SSSR count). The molecule has 1 aromatic carbocycles. The number of aryl methyl sites for hydroxylation is 1. The maximum absolute atomic E-state index is 14.9. The van der Waals surface area contributed by atoms with Gasteiger partial charge in [-0.05, 0) is 64.1 Å². The van der Waals surface area contributed by atoms with Crippen LogP contribution in [0, 0.1) is 24.5 Å². The van der Waals surface area contributed by atoms with Crippen LogP contribution in [0.15, 0.2) is 48.9 Å². The summed E-state index contributed by atoms with van der Waals surface area (Å²) in [5.74, 6) is 0.0403. The first-order valence-electron chi connectivity index (χ1n) is 12.8. The molecule has 0 fully saturated rings. The number of nitrogens with one attached hydrogen (secondary N) is 1. The summed E-state index contributed by atoms with van der Waals surface area (Å²) < 4.78 is 31.7. The minimum absolute atomic E-state index is 0.0231. The molecule has 8 nitrogen and oxygen atoms in total. The number of aromatic nitrogens is 5. The van der Waals surface area contributed by atoms with Crippen molar-refractivity contribution in [1.29, 1.82) is 0 Å². The Labute approximate surface area is 220 Å². The second-order valence-corrected chi connectivity index (χ2v) is 9.81. The normalized spacial score (nSPS) is 16.4. The number of imidazole rings is 1. The number of fused-ring (bicyclic) bond motifs is 1. The van der Waals surface area contributed by atoms with Gasteiger partial charge in [0.15, 0.2) is 11.6 Å². The Morgan fingerprint density at radius 1 is 1.11 bits per heavy atom. The molecule has 4 heterocycles. The van der Waals surface area contributed by atoms with Crippen molar-refractivity contribution in [2.75, 3.05) is 18.4 Å². The Bertz CT molecular complexity index is 1480. The summed E-state index contributed by atoms with van der Waals surface area (Å²) in [5, 5.41) is 13.8. The minimum atomic E-state index is -0.671. The molecule has 0 radical (unpaired) electrons. The fraction of sp³-hybridized carbons (Fsp3) is 0.357. The fourth-order valence-corrected chi connectivity index (χ4v) is 4.95. The van der Waals surface area contributed by atoms with E-state index in [1.165, 1.54) is 6.07 Å². The van der Waals surface area contributed by atoms with Crippen LogP contribution < -0.4 is 5.32 Å². The van der Waals surface area contributed by atoms with Crippen LogP contribution in [0.25, 0.3) is 22.3 Å². The highest BCUT2D eigenvalue weighted by Gasteiger charge is 2.22. The molecule has 4 aromatic rings. The molecular formula is C28H31F2N7O. The van der Waals surface area contributed by atoms with Crippen molar-refractivity contribution < 1.29 is 13.9 Å². The van der Waals surface area contributed by atoms with Gasteiger partial charge in [-0.3, -0.25) is 0 Å². The van der Waals surface area contributed by atoms with Crippen molar-refractivity contribution in [2.45, 2.75) is 46.3 Å². The average molecular weight is 520 g/mol. The van der Waals surface area contributed by atoms with E-state index in [2.05, 4.69) is 37.1 Å². The average Bonchev–Trinajstić information content (AvgIpc) is 3.26. The Kier molecular flexibility index (Phi) is 7.07. The van der Waals surface area contributed by atoms with Crippen LogP contribution in [0.2, 0.25) is 0 Å². The minimum Gasteiger partial charge on any atom is -0.388 e. The highest BCUT2D eigenvalue weighted by Crippen LogP contribution is 2.31. The van der Waals surface area contributed by atoms with Crippen LogP contribution in [0.3, 0.4) is 0 Å². The predicted molar refractivity (Wildman–Crippen MR) is 143 cm³/mol. The molecule has 1 aliphatic heterocycles. The molecule has 10 heteroatoms. The van der Waals surface area contributed by atoms with Gasteiger partial charge in [0.1, 0.15) is 22.9 Å². The molecule has 0 spiro atoms. The summed E-state index contributed by atoms with van der Waals surface area (Å²) in [7, 11) is 0. The molecule has 0 bridgehead atoms. The zero-order valence-electron chi connectivity index (χ0n) is 21.9. The molecule has 198 valence electrons. The number of aliphatic hydroxyl groups is 1. The molecule has 0 saturated carbocycles. The Morgan fingerprint density at radius 2 is 1.92 bits per heavy atom. The van der Waals surface area contributed by atoms with E-state index in [0.717, 1.165) is 25.7 Å². The first-order valence-corrected chi connectivity index (χ1v) is 12.8. The number of aliphatic hydroxyl groups excluding tert-OH is 1. The van der Waals surface area contributed by atoms with Gasteiger partial charge >= 0.3 is 0 Å². The Morgan fingerprint density at radius 3 is 2.58 bits per heavy atom. The van der Waals surface area contributed by atoms with Gasteiger partial charge in [-0.15, -0.1) is 0 Å². The quantitative estimate of drug-likeness (QED) is 0.324. The summed E-state index contributed by atoms with van der Waals surface area (Å²) in [6, 6.07) is 6.49. The summed E-state index contributed by atoms with van der Waals surface area (Å²) in [6.07, 6.45) is 6.93. The molecule has 1 unspecified atom stereocenters. The van der Waals surface area contributed by atoms with Gasteiger partial charge in [0.2, 0.25) is 5.95 Å². The molecule has 2 atom stereocenters. The van der Waals surface area contributed by atoms with E-state index in [-0.39, 0.29) is 34.7 Å². The monoisotopic (exact) mass is 519 g/mol. The van der Waals surface area contributed by atoms with E-state index in [1.54, 1.807) is 24.4 Å². The predicted octanol–water partition coefficient (Wildman–Crippen LogP) is 5.69. The second-order valence-electron chi connectivity index (χ2n) is 9.81. The van der Waals surface area contributed by atoms with Crippen molar-refractivity contribution in [3.8, 4) is 11.3 Å². The first-order chi connectivity index (χ1) is 18.2. The van der Waals surface area contributed by atoms with Gasteiger partial charge in [-0.25, -0.2) is 28.7 Å². The number of hydrogen-bond acceptors (Lipinski definition) is 7. The van der Waals surface area contributed by atoms with Crippen molar-refractivity contribution >= 4 is 22.8 Å². The van der Waals surface area contributed by atoms with E-state index < -0.39 is 17.7 Å². The standard InChI is InChI=1S/C28H31F2N7O/c1-5-36-10-8-18(9-11-36)27(38)19-6-7-24(31-14-19)34-28-32-15-22(30)25(35-28)20-12-21(29)26-23(13-20)37(16(2)3)17(4)33-26/h6-8,10,12-16,18,27,38H,5,9,11H2,1-4H3,(H,31,32,34,35)/t18?,27-/m1/s1. The molecule has 1 aliphatic rings. The SMILES string of the molecule is CCN1C=CC([C@@H](O)c2ccc(Nc3ncc(F)c(-c4cc(F)c5nc(C)n(C(C)C)c5c4)n3)nc2)CC1. The van der Waals surface area contributed by atoms with E-state index in [0.29, 0.717) is 22.7 Å². The van der Waals surface area contributed by atoms with Crippen LogP contribution in [-0.2, 0) is 0 Å². The van der Waals surface area contributed by atoms with Gasteiger partial charge in [0.25, 0.3) is 0 Å². The number of halogens is 2. The van der Waals surface area contributed by atoms with Gasteiger partial charge in [0.05, 0.1) is 17.8 Å². The molecule has 38 heavy (non-hydrogen) atoms. The third kappa shape index (κ3) is 4.96. The van der Waals surface area contributed by atoms with Crippen molar-refractivity contribution in [2.24, 2.45) is 5.92 Å². The number of hydrogen-bond donors (Lipinski definition) is 2. The topological polar surface area (TPSA) is 92.0 Å². The first kappa shape index (κ1) is 25.7. The summed E-state index contributed by atoms with van der Waals surface area (Å²) in [6.45, 7) is 9.73. The number of nitrogens with zero attached hydrogens (tertiary/aromatic N) is 6. The fourth-order valence-electron chi connectivity index (χ4n) is 4.95. The third-order valence-corrected chi connectivity index (χ3v) is 6.93. The summed E-state index contributed by atoms with van der Waals surface area (Å²) in [5.41, 5.74) is 1.77. The number of benzene rings is 1. The van der Waals surface area contributed by atoms with E-state index in [9.17, 15) is 13.9 Å². The highest BCUT2D eigenvalue weighted by molar-refractivity contribution is 5.83. The van der Waals surface area contributed by atoms with Gasteiger partial charge < -0.3 is 19.9 Å². The van der Waals surface area contributed by atoms with Crippen LogP contribution >= 0.6 is 0 Å². The lowest BCUT2D eigenvalue weighted by Gasteiger charge is -2.29. The lowest BCUT2D eigenvalue weighted by atomic mass is 9.92. The summed E-state index contributed by atoms with van der Waals surface area (Å²) >= 11 is 0. The van der Waals surface area contributed by atoms with Gasteiger partial charge in [-0.2, -0.15) is 0 Å². The van der Waals surface area contributed by atoms with Crippen molar-refractivity contribution in [1.82, 2.24) is 29.4 Å². The maximum Gasteiger partial charge on any atom is 0.229 e. The molecule has 3 aromatic heterocycles. The zero-order valence-corrected chi connectivity index (χ0v) is 21.9. The van der Waals surface area contributed by atoms with Crippen LogP contribution in [-0.4, -0.2) is 47.6 Å². The molecule has 0 aliphatic carbocycles. The Hall–Kier alpha value is -3.92. The van der Waals surface area contributed by atoms with Crippen LogP contribution in [0.4, 0.5) is 20.5 Å². The van der Waals surface area contributed by atoms with E-state index in [1.807, 2.05) is 37.6 Å². The number of anilines is 2. The lowest BCUT2D eigenvalue weighted by Crippen LogP contribution is -2.26. The molecule has 0 saturated heterocycles. The zero-order chi connectivity index (χ0) is 27.0. The number of pyridine rings is 1. The second kappa shape index (κ2) is 10.4. The largest absolute Gasteiger partial charge is 0.388 e.